The van der Waals surface area contributed by atoms with Crippen molar-refractivity contribution < 1.29 is 21.6 Å². The number of carbonyl (C=O) groups is 1. The van der Waals surface area contributed by atoms with Gasteiger partial charge in [-0.15, -0.1) is 11.3 Å². The number of sulfonamides is 2. The minimum Gasteiger partial charge on any atom is -0.326 e. The average Bonchev–Trinajstić information content (AvgIpc) is 3.25. The van der Waals surface area contributed by atoms with Crippen molar-refractivity contribution >= 4 is 43.0 Å². The van der Waals surface area contributed by atoms with Gasteiger partial charge in [0, 0.05) is 31.7 Å². The molecule has 2 N–H and O–H groups in total. The second kappa shape index (κ2) is 9.35. The Morgan fingerprint density at radius 2 is 1.79 bits per heavy atom. The zero-order valence-corrected chi connectivity index (χ0v) is 18.2. The molecule has 0 bridgehead atoms. The molecule has 2 aromatic rings. The quantitative estimate of drug-likeness (QED) is 0.631. The fourth-order valence-corrected chi connectivity index (χ4v) is 6.63. The van der Waals surface area contributed by atoms with Crippen LogP contribution in [-0.4, -0.2) is 46.7 Å². The Hall–Kier alpha value is -1.79. The molecule has 3 rings (SSSR count). The average molecular weight is 458 g/mol. The molecule has 8 nitrogen and oxygen atoms in total. The Labute approximate surface area is 175 Å². The van der Waals surface area contributed by atoms with E-state index in [9.17, 15) is 21.6 Å². The van der Waals surface area contributed by atoms with Crippen LogP contribution in [0.4, 0.5) is 5.69 Å². The number of thiophene rings is 1. The SMILES string of the molecule is O=C(CCNS(=O)(=O)c1cccs1)Nc1cccc(S(=O)(=O)N2CCCCC2)c1. The molecule has 29 heavy (non-hydrogen) atoms. The molecule has 1 aromatic heterocycles. The standard InChI is InChI=1S/C18H23N3O5S3/c22-17(9-10-19-28(23,24)18-8-5-13-27-18)20-15-6-4-7-16(14-15)29(25,26)21-11-2-1-3-12-21/h4-8,13-14,19H,1-3,9-12H2,(H,20,22). The molecule has 0 atom stereocenters. The van der Waals surface area contributed by atoms with E-state index < -0.39 is 26.0 Å². The van der Waals surface area contributed by atoms with Crippen LogP contribution in [0.1, 0.15) is 25.7 Å². The van der Waals surface area contributed by atoms with E-state index in [-0.39, 0.29) is 22.1 Å². The minimum absolute atomic E-state index is 0.0577. The lowest BCUT2D eigenvalue weighted by atomic mass is 10.2. The third-order valence-electron chi connectivity index (χ3n) is 4.47. The van der Waals surface area contributed by atoms with Crippen LogP contribution in [0.2, 0.25) is 0 Å². The predicted octanol–water partition coefficient (Wildman–Crippen LogP) is 2.23. The van der Waals surface area contributed by atoms with E-state index in [0.29, 0.717) is 18.8 Å². The number of hydrogen-bond donors (Lipinski definition) is 2. The summed E-state index contributed by atoms with van der Waals surface area (Å²) in [6, 6.07) is 9.24. The summed E-state index contributed by atoms with van der Waals surface area (Å²) in [7, 11) is -7.21. The van der Waals surface area contributed by atoms with Crippen LogP contribution in [0.5, 0.6) is 0 Å². The first kappa shape index (κ1) is 21.9. The number of nitrogens with one attached hydrogen (secondary N) is 2. The van der Waals surface area contributed by atoms with Crippen molar-refractivity contribution in [1.29, 1.82) is 0 Å². The fourth-order valence-electron chi connectivity index (χ4n) is 3.00. The number of benzene rings is 1. The summed E-state index contributed by atoms with van der Waals surface area (Å²) in [6.07, 6.45) is 2.64. The lowest BCUT2D eigenvalue weighted by Crippen LogP contribution is -2.35. The highest BCUT2D eigenvalue weighted by Gasteiger charge is 2.26. The highest BCUT2D eigenvalue weighted by atomic mass is 32.2. The summed E-state index contributed by atoms with van der Waals surface area (Å²) in [4.78, 5) is 12.3. The molecule has 158 valence electrons. The van der Waals surface area contributed by atoms with Gasteiger partial charge in [-0.05, 0) is 42.5 Å². The van der Waals surface area contributed by atoms with E-state index in [2.05, 4.69) is 10.0 Å². The first-order valence-electron chi connectivity index (χ1n) is 9.22. The van der Waals surface area contributed by atoms with E-state index in [0.717, 1.165) is 30.6 Å². The van der Waals surface area contributed by atoms with Crippen molar-refractivity contribution in [1.82, 2.24) is 9.03 Å². The zero-order chi connectivity index (χ0) is 20.9. The van der Waals surface area contributed by atoms with E-state index in [4.69, 9.17) is 0 Å². The Morgan fingerprint density at radius 3 is 2.48 bits per heavy atom. The van der Waals surface area contributed by atoms with Crippen molar-refractivity contribution in [2.75, 3.05) is 25.0 Å². The molecule has 2 heterocycles. The van der Waals surface area contributed by atoms with Crippen LogP contribution < -0.4 is 10.0 Å². The first-order chi connectivity index (χ1) is 13.8. The maximum Gasteiger partial charge on any atom is 0.250 e. The molecule has 0 radical (unpaired) electrons. The van der Waals surface area contributed by atoms with Crippen LogP contribution in [-0.2, 0) is 24.8 Å². The van der Waals surface area contributed by atoms with Crippen LogP contribution in [0.25, 0.3) is 0 Å². The van der Waals surface area contributed by atoms with Crippen LogP contribution in [0, 0.1) is 0 Å². The summed E-state index contributed by atoms with van der Waals surface area (Å²) >= 11 is 1.09. The third-order valence-corrected chi connectivity index (χ3v) is 9.23. The van der Waals surface area contributed by atoms with E-state index in [1.165, 1.54) is 22.5 Å². The largest absolute Gasteiger partial charge is 0.326 e. The van der Waals surface area contributed by atoms with Gasteiger partial charge in [0.25, 0.3) is 0 Å². The van der Waals surface area contributed by atoms with Gasteiger partial charge in [0.2, 0.25) is 26.0 Å². The molecule has 11 heteroatoms. The molecule has 0 aliphatic carbocycles. The molecular formula is C18H23N3O5S3. The van der Waals surface area contributed by atoms with E-state index >= 15 is 0 Å². The van der Waals surface area contributed by atoms with Crippen molar-refractivity contribution in [3.63, 3.8) is 0 Å². The number of piperidine rings is 1. The van der Waals surface area contributed by atoms with Gasteiger partial charge < -0.3 is 5.32 Å². The predicted molar refractivity (Wildman–Crippen MR) is 112 cm³/mol. The topological polar surface area (TPSA) is 113 Å². The van der Waals surface area contributed by atoms with Crippen LogP contribution in [0.15, 0.2) is 50.9 Å². The van der Waals surface area contributed by atoms with Gasteiger partial charge in [0.15, 0.2) is 0 Å². The lowest BCUT2D eigenvalue weighted by Gasteiger charge is -2.26. The molecule has 0 saturated carbocycles. The summed E-state index contributed by atoms with van der Waals surface area (Å²) < 4.78 is 53.6. The highest BCUT2D eigenvalue weighted by molar-refractivity contribution is 7.91. The summed E-state index contributed by atoms with van der Waals surface area (Å²) in [5, 5.41) is 4.28. The second-order valence-corrected chi connectivity index (χ2v) is 11.5. The molecule has 1 saturated heterocycles. The molecule has 1 fully saturated rings. The summed E-state index contributed by atoms with van der Waals surface area (Å²) in [6.45, 7) is 0.949. The Morgan fingerprint density at radius 1 is 1.03 bits per heavy atom. The minimum atomic E-state index is -3.62. The van der Waals surface area contributed by atoms with Crippen molar-refractivity contribution in [2.24, 2.45) is 0 Å². The summed E-state index contributed by atoms with van der Waals surface area (Å²) in [5.74, 6) is -0.411. The molecule has 1 amide bonds. The smallest absolute Gasteiger partial charge is 0.250 e. The Balaban J connectivity index is 1.58. The van der Waals surface area contributed by atoms with Gasteiger partial charge in [-0.1, -0.05) is 18.6 Å². The fraction of sp³-hybridized carbons (Fsp3) is 0.389. The Kier molecular flexibility index (Phi) is 7.06. The molecular weight excluding hydrogens is 434 g/mol. The zero-order valence-electron chi connectivity index (χ0n) is 15.7. The van der Waals surface area contributed by atoms with Gasteiger partial charge in [-0.2, -0.15) is 4.31 Å². The monoisotopic (exact) mass is 457 g/mol. The first-order valence-corrected chi connectivity index (χ1v) is 13.0. The van der Waals surface area contributed by atoms with Gasteiger partial charge in [0.1, 0.15) is 4.21 Å². The maximum absolute atomic E-state index is 12.8. The number of amides is 1. The van der Waals surface area contributed by atoms with Crippen LogP contribution in [0.3, 0.4) is 0 Å². The van der Waals surface area contributed by atoms with Crippen molar-refractivity contribution in [3.8, 4) is 0 Å². The van der Waals surface area contributed by atoms with Gasteiger partial charge >= 0.3 is 0 Å². The van der Waals surface area contributed by atoms with Crippen molar-refractivity contribution in [2.45, 2.75) is 34.8 Å². The van der Waals surface area contributed by atoms with Crippen LogP contribution >= 0.6 is 11.3 Å². The number of carbonyl (C=O) groups excluding carboxylic acids is 1. The molecule has 0 unspecified atom stereocenters. The number of rotatable bonds is 8. The highest BCUT2D eigenvalue weighted by Crippen LogP contribution is 2.23. The third kappa shape index (κ3) is 5.64. The number of hydrogen-bond acceptors (Lipinski definition) is 6. The van der Waals surface area contributed by atoms with Gasteiger partial charge in [-0.3, -0.25) is 4.79 Å². The lowest BCUT2D eigenvalue weighted by molar-refractivity contribution is -0.116. The number of anilines is 1. The molecule has 1 aromatic carbocycles. The Bertz CT molecular complexity index is 1040. The van der Waals surface area contributed by atoms with Gasteiger partial charge in [0.05, 0.1) is 4.90 Å². The second-order valence-electron chi connectivity index (χ2n) is 6.62. The van der Waals surface area contributed by atoms with E-state index in [1.807, 2.05) is 0 Å². The van der Waals surface area contributed by atoms with E-state index in [1.54, 1.807) is 23.6 Å². The molecule has 1 aliphatic heterocycles. The number of nitrogens with zero attached hydrogens (tertiary/aromatic N) is 1. The van der Waals surface area contributed by atoms with Crippen molar-refractivity contribution in [3.05, 3.63) is 41.8 Å². The normalized spacial score (nSPS) is 15.9. The molecule has 0 spiro atoms. The molecule has 1 aliphatic rings. The summed E-state index contributed by atoms with van der Waals surface area (Å²) in [5.41, 5.74) is 0.356. The maximum atomic E-state index is 12.8. The van der Waals surface area contributed by atoms with Gasteiger partial charge in [-0.25, -0.2) is 21.6 Å².